The van der Waals surface area contributed by atoms with E-state index in [0.717, 1.165) is 28.7 Å². The molecular weight excluding hydrogens is 282 g/mol. The maximum atomic E-state index is 5.49. The van der Waals surface area contributed by atoms with Crippen molar-refractivity contribution in [3.63, 3.8) is 0 Å². The first kappa shape index (κ1) is 15.6. The zero-order valence-corrected chi connectivity index (χ0v) is 13.8. The first-order valence-electron chi connectivity index (χ1n) is 7.03. The van der Waals surface area contributed by atoms with Crippen LogP contribution in [-0.2, 0) is 0 Å². The summed E-state index contributed by atoms with van der Waals surface area (Å²) in [4.78, 5) is 9.76. The molecule has 0 unspecified atom stereocenters. The van der Waals surface area contributed by atoms with Crippen molar-refractivity contribution in [1.82, 2.24) is 9.97 Å². The number of methoxy groups -OCH3 is 1. The maximum absolute atomic E-state index is 5.49. The topological polar surface area (TPSA) is 47.0 Å². The van der Waals surface area contributed by atoms with Crippen molar-refractivity contribution in [2.45, 2.75) is 37.1 Å². The molecule has 0 radical (unpaired) electrons. The van der Waals surface area contributed by atoms with Crippen LogP contribution in [-0.4, -0.2) is 23.6 Å². The van der Waals surface area contributed by atoms with Gasteiger partial charge in [-0.1, -0.05) is 24.8 Å². The molecule has 0 aliphatic heterocycles. The number of aryl methyl sites for hydroxylation is 2. The van der Waals surface area contributed by atoms with Gasteiger partial charge in [-0.2, -0.15) is 0 Å². The van der Waals surface area contributed by atoms with Crippen LogP contribution in [0.5, 0.6) is 5.75 Å². The normalized spacial score (nSPS) is 10.5. The van der Waals surface area contributed by atoms with E-state index >= 15 is 0 Å². The molecule has 21 heavy (non-hydrogen) atoms. The summed E-state index contributed by atoms with van der Waals surface area (Å²) >= 11 is 1.59. The van der Waals surface area contributed by atoms with E-state index in [1.54, 1.807) is 25.2 Å². The molecule has 1 aromatic heterocycles. The summed E-state index contributed by atoms with van der Waals surface area (Å²) in [6.45, 7) is 7.21. The minimum atomic E-state index is 0.703. The Morgan fingerprint density at radius 3 is 2.67 bits per heavy atom. The second-order valence-corrected chi connectivity index (χ2v) is 5.90. The number of nitrogens with zero attached hydrogens (tertiary/aromatic N) is 2. The van der Waals surface area contributed by atoms with Gasteiger partial charge >= 0.3 is 0 Å². The van der Waals surface area contributed by atoms with Crippen molar-refractivity contribution in [1.29, 1.82) is 0 Å². The summed E-state index contributed by atoms with van der Waals surface area (Å²) in [5.74, 6) is 1.45. The van der Waals surface area contributed by atoms with Crippen molar-refractivity contribution in [3.8, 4) is 5.75 Å². The van der Waals surface area contributed by atoms with Crippen LogP contribution in [0.25, 0.3) is 0 Å². The molecule has 4 nitrogen and oxygen atoms in total. The van der Waals surface area contributed by atoms with Crippen LogP contribution in [0, 0.1) is 13.8 Å². The zero-order valence-electron chi connectivity index (χ0n) is 12.9. The summed E-state index contributed by atoms with van der Waals surface area (Å²) in [5.41, 5.74) is 2.57. The molecule has 0 fully saturated rings. The second kappa shape index (κ2) is 7.31. The number of nitrogens with one attached hydrogen (secondary N) is 1. The minimum absolute atomic E-state index is 0.703. The van der Waals surface area contributed by atoms with Crippen LogP contribution < -0.4 is 10.1 Å². The van der Waals surface area contributed by atoms with Crippen molar-refractivity contribution in [2.75, 3.05) is 19.0 Å². The summed E-state index contributed by atoms with van der Waals surface area (Å²) < 4.78 is 5.49. The quantitative estimate of drug-likeness (QED) is 0.815. The van der Waals surface area contributed by atoms with Gasteiger partial charge in [-0.15, -0.1) is 0 Å². The van der Waals surface area contributed by atoms with E-state index < -0.39 is 0 Å². The van der Waals surface area contributed by atoms with Crippen LogP contribution in [0.2, 0.25) is 0 Å². The van der Waals surface area contributed by atoms with E-state index in [2.05, 4.69) is 54.3 Å². The lowest BCUT2D eigenvalue weighted by Gasteiger charge is -2.12. The SMILES string of the molecule is CCCNc1ncnc(Sc2ccc(C)c(C)c2)c1OC. The van der Waals surface area contributed by atoms with E-state index in [9.17, 15) is 0 Å². The zero-order chi connectivity index (χ0) is 15.2. The predicted octanol–water partition coefficient (Wildman–Crippen LogP) is 4.08. The van der Waals surface area contributed by atoms with Crippen LogP contribution in [0.15, 0.2) is 34.4 Å². The van der Waals surface area contributed by atoms with E-state index in [4.69, 9.17) is 4.74 Å². The number of anilines is 1. The van der Waals surface area contributed by atoms with Crippen LogP contribution in [0.4, 0.5) is 5.82 Å². The van der Waals surface area contributed by atoms with Gasteiger partial charge in [-0.3, -0.25) is 0 Å². The highest BCUT2D eigenvalue weighted by Gasteiger charge is 2.13. The predicted molar refractivity (Wildman–Crippen MR) is 87.4 cm³/mol. The highest BCUT2D eigenvalue weighted by Crippen LogP contribution is 2.37. The molecule has 0 saturated carbocycles. The fraction of sp³-hybridized carbons (Fsp3) is 0.375. The fourth-order valence-corrected chi connectivity index (χ4v) is 2.84. The average Bonchev–Trinajstić information content (AvgIpc) is 2.49. The van der Waals surface area contributed by atoms with Crippen LogP contribution in [0.1, 0.15) is 24.5 Å². The molecule has 1 heterocycles. The molecule has 0 bridgehead atoms. The van der Waals surface area contributed by atoms with Gasteiger partial charge < -0.3 is 10.1 Å². The van der Waals surface area contributed by atoms with Crippen molar-refractivity contribution < 1.29 is 4.74 Å². The monoisotopic (exact) mass is 303 g/mol. The van der Waals surface area contributed by atoms with Gasteiger partial charge in [0.2, 0.25) is 0 Å². The van der Waals surface area contributed by atoms with Gasteiger partial charge in [0, 0.05) is 11.4 Å². The molecule has 0 amide bonds. The molecule has 5 heteroatoms. The van der Waals surface area contributed by atoms with Gasteiger partial charge in [-0.25, -0.2) is 9.97 Å². The lowest BCUT2D eigenvalue weighted by atomic mass is 10.1. The Balaban J connectivity index is 2.28. The Labute approximate surface area is 130 Å². The van der Waals surface area contributed by atoms with Gasteiger partial charge in [0.1, 0.15) is 11.4 Å². The van der Waals surface area contributed by atoms with Crippen molar-refractivity contribution in [3.05, 3.63) is 35.7 Å². The Bertz CT molecular complexity index is 616. The van der Waals surface area contributed by atoms with E-state index in [-0.39, 0.29) is 0 Å². The first-order chi connectivity index (χ1) is 10.2. The number of benzene rings is 1. The summed E-state index contributed by atoms with van der Waals surface area (Å²) in [6, 6.07) is 6.40. The number of hydrogen-bond acceptors (Lipinski definition) is 5. The molecule has 112 valence electrons. The lowest BCUT2D eigenvalue weighted by molar-refractivity contribution is 0.400. The highest BCUT2D eigenvalue weighted by molar-refractivity contribution is 7.99. The molecule has 1 N–H and O–H groups in total. The van der Waals surface area contributed by atoms with Crippen molar-refractivity contribution in [2.24, 2.45) is 0 Å². The Hall–Kier alpha value is -1.75. The molecule has 0 aliphatic carbocycles. The van der Waals surface area contributed by atoms with Gasteiger partial charge in [-0.05, 0) is 43.5 Å². The fourth-order valence-electron chi connectivity index (χ4n) is 1.87. The minimum Gasteiger partial charge on any atom is -0.490 e. The maximum Gasteiger partial charge on any atom is 0.194 e. The van der Waals surface area contributed by atoms with Gasteiger partial charge in [0.25, 0.3) is 0 Å². The molecule has 0 saturated heterocycles. The third-order valence-electron chi connectivity index (χ3n) is 3.21. The Kier molecular flexibility index (Phi) is 5.44. The van der Waals surface area contributed by atoms with Crippen molar-refractivity contribution >= 4 is 17.6 Å². The molecule has 0 atom stereocenters. The number of rotatable bonds is 6. The third-order valence-corrected chi connectivity index (χ3v) is 4.18. The smallest absolute Gasteiger partial charge is 0.194 e. The largest absolute Gasteiger partial charge is 0.490 e. The highest BCUT2D eigenvalue weighted by atomic mass is 32.2. The third kappa shape index (κ3) is 3.88. The first-order valence-corrected chi connectivity index (χ1v) is 7.85. The summed E-state index contributed by atoms with van der Waals surface area (Å²) in [6.07, 6.45) is 2.61. The van der Waals surface area contributed by atoms with E-state index in [1.807, 2.05) is 0 Å². The summed E-state index contributed by atoms with van der Waals surface area (Å²) in [5, 5.41) is 4.10. The average molecular weight is 303 g/mol. The lowest BCUT2D eigenvalue weighted by Crippen LogP contribution is -2.05. The molecule has 2 aromatic rings. The van der Waals surface area contributed by atoms with E-state index in [1.165, 1.54) is 11.1 Å². The molecular formula is C16H21N3OS. The van der Waals surface area contributed by atoms with Crippen LogP contribution in [0.3, 0.4) is 0 Å². The molecule has 2 rings (SSSR count). The summed E-state index contributed by atoms with van der Waals surface area (Å²) in [7, 11) is 1.65. The van der Waals surface area contributed by atoms with Gasteiger partial charge in [0.05, 0.1) is 7.11 Å². The standard InChI is InChI=1S/C16H21N3OS/c1-5-8-17-15-14(20-4)16(19-10-18-15)21-13-7-6-11(2)12(3)9-13/h6-7,9-10H,5,8H2,1-4H3,(H,17,18,19). The Morgan fingerprint density at radius 1 is 1.19 bits per heavy atom. The molecule has 0 aliphatic rings. The molecule has 0 spiro atoms. The number of aromatic nitrogens is 2. The van der Waals surface area contributed by atoms with Gasteiger partial charge in [0.15, 0.2) is 11.6 Å². The number of ether oxygens (including phenoxy) is 1. The second-order valence-electron chi connectivity index (χ2n) is 4.84. The van der Waals surface area contributed by atoms with E-state index in [0.29, 0.717) is 5.75 Å². The molecule has 1 aromatic carbocycles. The number of hydrogen-bond donors (Lipinski definition) is 1. The van der Waals surface area contributed by atoms with Crippen LogP contribution >= 0.6 is 11.8 Å². The Morgan fingerprint density at radius 2 is 2.00 bits per heavy atom.